The molecule has 0 amide bonds. The third-order valence-corrected chi connectivity index (χ3v) is 3.90. The van der Waals surface area contributed by atoms with Gasteiger partial charge >= 0.3 is 0 Å². The molecule has 3 rings (SSSR count). The third-order valence-electron chi connectivity index (χ3n) is 3.90. The van der Waals surface area contributed by atoms with Crippen LogP contribution in [0.3, 0.4) is 0 Å². The quantitative estimate of drug-likeness (QED) is 0.316. The molecule has 130 valence electrons. The predicted octanol–water partition coefficient (Wildman–Crippen LogP) is -1.85. The number of nitrogens with two attached hydrogens (primary N) is 2. The Bertz CT molecular complexity index is 701. The molecule has 1 aliphatic rings. The molecule has 5 atom stereocenters. The molecule has 9 N–H and O–H groups in total. The number of aliphatic hydroxyl groups excluding tert-OH is 4. The fourth-order valence-corrected chi connectivity index (χ4v) is 2.66. The van der Waals surface area contributed by atoms with Gasteiger partial charge in [0.25, 0.3) is 0 Å². The minimum absolute atomic E-state index is 0.142. The van der Waals surface area contributed by atoms with Gasteiger partial charge in [0, 0.05) is 16.9 Å². The van der Waals surface area contributed by atoms with Gasteiger partial charge in [0.15, 0.2) is 11.6 Å². The van der Waals surface area contributed by atoms with Crippen molar-refractivity contribution in [2.45, 2.75) is 30.5 Å². The average molecular weight is 337 g/mol. The molecule has 1 saturated heterocycles. The van der Waals surface area contributed by atoms with Gasteiger partial charge in [-0.05, 0) is 18.2 Å². The summed E-state index contributed by atoms with van der Waals surface area (Å²) in [6, 6.07) is 4.86. The number of rotatable bonds is 3. The number of ether oxygens (including phenoxy) is 1. The van der Waals surface area contributed by atoms with Crippen molar-refractivity contribution >= 4 is 11.4 Å². The van der Waals surface area contributed by atoms with Crippen LogP contribution in [-0.4, -0.2) is 66.6 Å². The fraction of sp³-hybridized carbons (Fsp3) is 0.429. The molecule has 0 spiro atoms. The highest BCUT2D eigenvalue weighted by molar-refractivity contribution is 5.67. The summed E-state index contributed by atoms with van der Waals surface area (Å²) in [7, 11) is 0. The second-order valence-electron chi connectivity index (χ2n) is 5.68. The lowest BCUT2D eigenvalue weighted by atomic mass is 9.95. The Labute approximate surface area is 136 Å². The molecule has 10 nitrogen and oxygen atoms in total. The summed E-state index contributed by atoms with van der Waals surface area (Å²) in [5, 5.41) is 45.6. The number of nitrogens with one attached hydrogen (secondary N) is 1. The Morgan fingerprint density at radius 2 is 1.71 bits per heavy atom. The SMILES string of the molecule is Nc1cc(N)cc(-c2n[nH]c([C@@H]3O[C@H](CO)[C@@H](O)[C@H](O)[C@H]3O)n2)c1. The van der Waals surface area contributed by atoms with E-state index in [1.807, 2.05) is 0 Å². The van der Waals surface area contributed by atoms with Gasteiger partial charge in [0.1, 0.15) is 30.5 Å². The van der Waals surface area contributed by atoms with E-state index in [4.69, 9.17) is 16.2 Å². The first-order chi connectivity index (χ1) is 11.4. The Balaban J connectivity index is 1.89. The van der Waals surface area contributed by atoms with Crippen LogP contribution >= 0.6 is 0 Å². The summed E-state index contributed by atoms with van der Waals surface area (Å²) >= 11 is 0. The maximum atomic E-state index is 10.1. The van der Waals surface area contributed by atoms with E-state index in [2.05, 4.69) is 15.2 Å². The molecule has 1 fully saturated rings. The number of nitrogens with zero attached hydrogens (tertiary/aromatic N) is 2. The van der Waals surface area contributed by atoms with Crippen molar-refractivity contribution in [3.8, 4) is 11.4 Å². The highest BCUT2D eigenvalue weighted by Gasteiger charge is 2.45. The van der Waals surface area contributed by atoms with E-state index in [1.54, 1.807) is 18.2 Å². The van der Waals surface area contributed by atoms with Crippen molar-refractivity contribution in [2.75, 3.05) is 18.1 Å². The van der Waals surface area contributed by atoms with Crippen LogP contribution in [0.5, 0.6) is 0 Å². The molecule has 1 aromatic heterocycles. The van der Waals surface area contributed by atoms with Crippen molar-refractivity contribution < 1.29 is 25.2 Å². The number of hydrogen-bond acceptors (Lipinski definition) is 9. The van der Waals surface area contributed by atoms with E-state index in [1.165, 1.54) is 0 Å². The topological polar surface area (TPSA) is 184 Å². The highest BCUT2D eigenvalue weighted by Crippen LogP contribution is 2.31. The molecule has 0 unspecified atom stereocenters. The Kier molecular flexibility index (Phi) is 4.39. The van der Waals surface area contributed by atoms with Crippen LogP contribution in [0.15, 0.2) is 18.2 Å². The highest BCUT2D eigenvalue weighted by atomic mass is 16.5. The lowest BCUT2D eigenvalue weighted by molar-refractivity contribution is -0.233. The lowest BCUT2D eigenvalue weighted by Crippen LogP contribution is -2.55. The maximum Gasteiger partial charge on any atom is 0.181 e. The summed E-state index contributed by atoms with van der Waals surface area (Å²) < 4.78 is 5.42. The zero-order chi connectivity index (χ0) is 17.4. The molecule has 2 heterocycles. The minimum Gasteiger partial charge on any atom is -0.399 e. The van der Waals surface area contributed by atoms with Crippen LogP contribution in [0.1, 0.15) is 11.9 Å². The third kappa shape index (κ3) is 2.92. The first-order valence-electron chi connectivity index (χ1n) is 7.30. The van der Waals surface area contributed by atoms with Gasteiger partial charge in [-0.2, -0.15) is 5.10 Å². The number of nitrogen functional groups attached to an aromatic ring is 2. The van der Waals surface area contributed by atoms with Gasteiger partial charge < -0.3 is 36.6 Å². The molecule has 0 radical (unpaired) electrons. The summed E-state index contributed by atoms with van der Waals surface area (Å²) in [5.74, 6) is 0.420. The van der Waals surface area contributed by atoms with Crippen molar-refractivity contribution in [1.82, 2.24) is 15.2 Å². The largest absolute Gasteiger partial charge is 0.399 e. The standard InChI is InChI=1S/C14H19N5O5/c15-6-1-5(2-7(16)3-6)13-17-14(19-18-13)12-11(23)10(22)9(21)8(4-20)24-12/h1-3,8-12,20-23H,4,15-16H2,(H,17,18,19)/t8-,9-,10+,11-,12-/m1/s1. The Hall–Kier alpha value is -2.24. The van der Waals surface area contributed by atoms with E-state index >= 15 is 0 Å². The summed E-state index contributed by atoms with van der Waals surface area (Å²) in [5.41, 5.74) is 12.9. The van der Waals surface area contributed by atoms with Gasteiger partial charge in [-0.15, -0.1) is 0 Å². The van der Waals surface area contributed by atoms with Crippen LogP contribution in [0, 0.1) is 0 Å². The first kappa shape index (κ1) is 16.6. The van der Waals surface area contributed by atoms with Gasteiger partial charge in [-0.25, -0.2) is 4.98 Å². The molecule has 0 bridgehead atoms. The van der Waals surface area contributed by atoms with Gasteiger partial charge in [0.2, 0.25) is 0 Å². The molecule has 2 aromatic rings. The van der Waals surface area contributed by atoms with E-state index < -0.39 is 37.1 Å². The number of H-pyrrole nitrogens is 1. The first-order valence-corrected chi connectivity index (χ1v) is 7.30. The van der Waals surface area contributed by atoms with Gasteiger partial charge in [-0.1, -0.05) is 0 Å². The maximum absolute atomic E-state index is 10.1. The second kappa shape index (κ2) is 6.34. The normalized spacial score (nSPS) is 30.4. The number of aromatic amines is 1. The lowest BCUT2D eigenvalue weighted by Gasteiger charge is -2.38. The molecule has 0 aliphatic carbocycles. The summed E-state index contributed by atoms with van der Waals surface area (Å²) in [6.45, 7) is -0.520. The Morgan fingerprint density at radius 1 is 1.04 bits per heavy atom. The van der Waals surface area contributed by atoms with Crippen molar-refractivity contribution in [3.63, 3.8) is 0 Å². The van der Waals surface area contributed by atoms with Crippen molar-refractivity contribution in [2.24, 2.45) is 0 Å². The van der Waals surface area contributed by atoms with E-state index in [0.717, 1.165) is 0 Å². The van der Waals surface area contributed by atoms with Crippen LogP contribution in [0.25, 0.3) is 11.4 Å². The number of aromatic nitrogens is 3. The molecule has 10 heteroatoms. The van der Waals surface area contributed by atoms with Crippen molar-refractivity contribution in [3.05, 3.63) is 24.0 Å². The molecular formula is C14H19N5O5. The molecule has 24 heavy (non-hydrogen) atoms. The van der Waals surface area contributed by atoms with Gasteiger partial charge in [-0.3, -0.25) is 5.10 Å². The number of hydrogen-bond donors (Lipinski definition) is 7. The van der Waals surface area contributed by atoms with Crippen LogP contribution < -0.4 is 11.5 Å². The zero-order valence-electron chi connectivity index (χ0n) is 12.6. The Morgan fingerprint density at radius 3 is 2.33 bits per heavy atom. The van der Waals surface area contributed by atoms with Crippen LogP contribution in [0.4, 0.5) is 11.4 Å². The molecular weight excluding hydrogens is 318 g/mol. The monoisotopic (exact) mass is 337 g/mol. The van der Waals surface area contributed by atoms with Crippen molar-refractivity contribution in [1.29, 1.82) is 0 Å². The van der Waals surface area contributed by atoms with E-state index in [-0.39, 0.29) is 11.6 Å². The summed E-state index contributed by atoms with van der Waals surface area (Å²) in [6.07, 6.45) is -6.46. The molecule has 0 saturated carbocycles. The predicted molar refractivity (Wildman–Crippen MR) is 83.4 cm³/mol. The average Bonchev–Trinajstić information content (AvgIpc) is 3.02. The smallest absolute Gasteiger partial charge is 0.181 e. The minimum atomic E-state index is -1.49. The summed E-state index contributed by atoms with van der Waals surface area (Å²) in [4.78, 5) is 4.23. The molecule has 1 aliphatic heterocycles. The molecule has 1 aromatic carbocycles. The zero-order valence-corrected chi connectivity index (χ0v) is 12.6. The van der Waals surface area contributed by atoms with E-state index in [9.17, 15) is 20.4 Å². The van der Waals surface area contributed by atoms with E-state index in [0.29, 0.717) is 16.9 Å². The van der Waals surface area contributed by atoms with Crippen LogP contribution in [0.2, 0.25) is 0 Å². The van der Waals surface area contributed by atoms with Crippen LogP contribution in [-0.2, 0) is 4.74 Å². The number of benzene rings is 1. The van der Waals surface area contributed by atoms with Gasteiger partial charge in [0.05, 0.1) is 6.61 Å². The fourth-order valence-electron chi connectivity index (χ4n) is 2.66. The number of anilines is 2. The number of aliphatic hydroxyl groups is 4. The second-order valence-corrected chi connectivity index (χ2v) is 5.68.